The minimum absolute atomic E-state index is 0.0926. The van der Waals surface area contributed by atoms with Gasteiger partial charge in [-0.2, -0.15) is 0 Å². The Morgan fingerprint density at radius 3 is 2.41 bits per heavy atom. The summed E-state index contributed by atoms with van der Waals surface area (Å²) in [6.07, 6.45) is 0. The average Bonchev–Trinajstić information content (AvgIpc) is 3.02. The number of rotatable bonds is 4. The first kappa shape index (κ1) is 15.6. The van der Waals surface area contributed by atoms with E-state index in [1.165, 1.54) is 54.7 Å². The minimum atomic E-state index is -0.536. The van der Waals surface area contributed by atoms with Crippen LogP contribution in [0.3, 0.4) is 0 Å². The van der Waals surface area contributed by atoms with Gasteiger partial charge in [-0.15, -0.1) is 11.3 Å². The zero-order valence-electron chi connectivity index (χ0n) is 11.8. The molecule has 1 aromatic heterocycles. The number of hydrogen-bond acceptors (Lipinski definition) is 6. The summed E-state index contributed by atoms with van der Waals surface area (Å²) < 4.78 is 4.67. The Labute approximate surface area is 129 Å². The van der Waals surface area contributed by atoms with Crippen LogP contribution in [0.5, 0.6) is 0 Å². The van der Waals surface area contributed by atoms with E-state index in [4.69, 9.17) is 0 Å². The van der Waals surface area contributed by atoms with Crippen LogP contribution in [0.25, 0.3) is 0 Å². The van der Waals surface area contributed by atoms with Gasteiger partial charge < -0.3 is 9.64 Å². The predicted molar refractivity (Wildman–Crippen MR) is 81.5 cm³/mol. The predicted octanol–water partition coefficient (Wildman–Crippen LogP) is 2.72. The Morgan fingerprint density at radius 2 is 1.86 bits per heavy atom. The summed E-state index contributed by atoms with van der Waals surface area (Å²) >= 11 is 1.17. The monoisotopic (exact) mass is 320 g/mol. The molecule has 1 aromatic carbocycles. The van der Waals surface area contributed by atoms with E-state index in [-0.39, 0.29) is 17.2 Å². The third-order valence-corrected chi connectivity index (χ3v) is 3.89. The number of anilines is 1. The van der Waals surface area contributed by atoms with Crippen molar-refractivity contribution in [1.82, 2.24) is 0 Å². The Kier molecular flexibility index (Phi) is 4.52. The lowest BCUT2D eigenvalue weighted by Crippen LogP contribution is -2.27. The number of non-ortho nitro benzene ring substituents is 1. The van der Waals surface area contributed by atoms with Crippen molar-refractivity contribution in [3.05, 3.63) is 56.3 Å². The van der Waals surface area contributed by atoms with Crippen molar-refractivity contribution in [3.63, 3.8) is 0 Å². The molecule has 0 saturated heterocycles. The summed E-state index contributed by atoms with van der Waals surface area (Å²) in [5, 5.41) is 12.3. The maximum atomic E-state index is 12.4. The number of nitro benzene ring substituents is 1. The topological polar surface area (TPSA) is 89.8 Å². The van der Waals surface area contributed by atoms with Crippen molar-refractivity contribution in [1.29, 1.82) is 0 Å². The summed E-state index contributed by atoms with van der Waals surface area (Å²) in [4.78, 5) is 35.8. The SMILES string of the molecule is COC(=O)c1sccc1N(C)C(=O)c1ccc([N+](=O)[O-])cc1. The largest absolute Gasteiger partial charge is 0.465 e. The molecule has 0 radical (unpaired) electrons. The number of amides is 1. The lowest BCUT2D eigenvalue weighted by atomic mass is 10.2. The molecule has 0 unspecified atom stereocenters. The van der Waals surface area contributed by atoms with E-state index in [0.717, 1.165) is 0 Å². The van der Waals surface area contributed by atoms with Crippen LogP contribution in [0.2, 0.25) is 0 Å². The lowest BCUT2D eigenvalue weighted by molar-refractivity contribution is -0.384. The van der Waals surface area contributed by atoms with Crippen molar-refractivity contribution < 1.29 is 19.2 Å². The van der Waals surface area contributed by atoms with E-state index >= 15 is 0 Å². The van der Waals surface area contributed by atoms with E-state index in [0.29, 0.717) is 10.6 Å². The second-order valence-corrected chi connectivity index (χ2v) is 5.21. The van der Waals surface area contributed by atoms with Crippen LogP contribution in [0, 0.1) is 10.1 Å². The quantitative estimate of drug-likeness (QED) is 0.491. The van der Waals surface area contributed by atoms with Crippen LogP contribution in [0.1, 0.15) is 20.0 Å². The molecule has 0 fully saturated rings. The number of ether oxygens (including phenoxy) is 1. The smallest absolute Gasteiger partial charge is 0.350 e. The maximum absolute atomic E-state index is 12.4. The van der Waals surface area contributed by atoms with Gasteiger partial charge in [-0.05, 0) is 23.6 Å². The van der Waals surface area contributed by atoms with E-state index in [9.17, 15) is 19.7 Å². The summed E-state index contributed by atoms with van der Waals surface area (Å²) in [5.74, 6) is -0.896. The number of benzene rings is 1. The molecule has 114 valence electrons. The third kappa shape index (κ3) is 2.96. The van der Waals surface area contributed by atoms with Gasteiger partial charge in [-0.1, -0.05) is 0 Å². The Hall–Kier alpha value is -2.74. The van der Waals surface area contributed by atoms with Gasteiger partial charge in [0.2, 0.25) is 0 Å². The van der Waals surface area contributed by atoms with E-state index < -0.39 is 10.9 Å². The molecule has 1 heterocycles. The van der Waals surface area contributed by atoms with Crippen LogP contribution < -0.4 is 4.90 Å². The third-order valence-electron chi connectivity index (χ3n) is 3.01. The van der Waals surface area contributed by atoms with Crippen LogP contribution in [0.4, 0.5) is 11.4 Å². The molecule has 2 rings (SSSR count). The van der Waals surface area contributed by atoms with Crippen molar-refractivity contribution in [2.24, 2.45) is 0 Å². The van der Waals surface area contributed by atoms with E-state index in [1.54, 1.807) is 11.4 Å². The van der Waals surface area contributed by atoms with Gasteiger partial charge in [0.05, 0.1) is 17.7 Å². The molecule has 22 heavy (non-hydrogen) atoms. The summed E-state index contributed by atoms with van der Waals surface area (Å²) in [6, 6.07) is 6.91. The number of nitro groups is 1. The van der Waals surface area contributed by atoms with Crippen molar-refractivity contribution in [2.45, 2.75) is 0 Å². The fourth-order valence-electron chi connectivity index (χ4n) is 1.84. The molecule has 0 bridgehead atoms. The van der Waals surface area contributed by atoms with Gasteiger partial charge in [-0.3, -0.25) is 14.9 Å². The zero-order valence-corrected chi connectivity index (χ0v) is 12.6. The van der Waals surface area contributed by atoms with E-state index in [2.05, 4.69) is 4.74 Å². The number of hydrogen-bond donors (Lipinski definition) is 0. The van der Waals surface area contributed by atoms with Crippen LogP contribution >= 0.6 is 11.3 Å². The van der Waals surface area contributed by atoms with Crippen LogP contribution in [0.15, 0.2) is 35.7 Å². The standard InChI is InChI=1S/C14H12N2O5S/c1-15(11-7-8-22-12(11)14(18)21-2)13(17)9-3-5-10(6-4-9)16(19)20/h3-8H,1-2H3. The maximum Gasteiger partial charge on any atom is 0.350 e. The zero-order chi connectivity index (χ0) is 16.3. The highest BCUT2D eigenvalue weighted by atomic mass is 32.1. The van der Waals surface area contributed by atoms with Crippen molar-refractivity contribution in [3.8, 4) is 0 Å². The average molecular weight is 320 g/mol. The fourth-order valence-corrected chi connectivity index (χ4v) is 2.68. The molecule has 0 spiro atoms. The molecular formula is C14H12N2O5S. The minimum Gasteiger partial charge on any atom is -0.465 e. The Bertz CT molecular complexity index is 723. The van der Waals surface area contributed by atoms with Crippen LogP contribution in [-0.2, 0) is 4.74 Å². The lowest BCUT2D eigenvalue weighted by Gasteiger charge is -2.17. The second kappa shape index (κ2) is 6.35. The molecule has 0 aliphatic heterocycles. The number of esters is 1. The van der Waals surface area contributed by atoms with Gasteiger partial charge >= 0.3 is 5.97 Å². The fraction of sp³-hybridized carbons (Fsp3) is 0.143. The van der Waals surface area contributed by atoms with Gasteiger partial charge in [-0.25, -0.2) is 4.79 Å². The molecule has 0 aliphatic carbocycles. The first-order valence-electron chi connectivity index (χ1n) is 6.14. The first-order valence-corrected chi connectivity index (χ1v) is 7.02. The normalized spacial score (nSPS) is 10.1. The number of carbonyl (C=O) groups excluding carboxylic acids is 2. The molecule has 8 heteroatoms. The molecule has 0 atom stereocenters. The highest BCUT2D eigenvalue weighted by Crippen LogP contribution is 2.27. The van der Waals surface area contributed by atoms with Gasteiger partial charge in [0.15, 0.2) is 0 Å². The Morgan fingerprint density at radius 1 is 1.23 bits per heavy atom. The number of carbonyl (C=O) groups is 2. The van der Waals surface area contributed by atoms with E-state index in [1.807, 2.05) is 0 Å². The summed E-state index contributed by atoms with van der Waals surface area (Å²) in [5.41, 5.74) is 0.625. The van der Waals surface area contributed by atoms with Gasteiger partial charge in [0.25, 0.3) is 11.6 Å². The molecule has 0 saturated carbocycles. The summed E-state index contributed by atoms with van der Waals surface area (Å²) in [7, 11) is 2.79. The Balaban J connectivity index is 2.27. The molecule has 0 aliphatic rings. The number of nitrogens with zero attached hydrogens (tertiary/aromatic N) is 2. The summed E-state index contributed by atoms with van der Waals surface area (Å²) in [6.45, 7) is 0. The highest BCUT2D eigenvalue weighted by Gasteiger charge is 2.22. The number of thiophene rings is 1. The van der Waals surface area contributed by atoms with Gasteiger partial charge in [0.1, 0.15) is 4.88 Å². The van der Waals surface area contributed by atoms with Crippen molar-refractivity contribution in [2.75, 3.05) is 19.1 Å². The second-order valence-electron chi connectivity index (χ2n) is 4.29. The first-order chi connectivity index (χ1) is 10.5. The molecule has 1 amide bonds. The molecule has 0 N–H and O–H groups in total. The molecular weight excluding hydrogens is 308 g/mol. The van der Waals surface area contributed by atoms with Crippen LogP contribution in [-0.4, -0.2) is 31.0 Å². The molecule has 2 aromatic rings. The van der Waals surface area contributed by atoms with Gasteiger partial charge in [0, 0.05) is 24.7 Å². The molecule has 7 nitrogen and oxygen atoms in total. The number of methoxy groups -OCH3 is 1. The van der Waals surface area contributed by atoms with Crippen molar-refractivity contribution >= 4 is 34.6 Å². The highest BCUT2D eigenvalue weighted by molar-refractivity contribution is 7.12.